The molecule has 8 nitrogen and oxygen atoms in total. The largest absolute Gasteiger partial charge is 0.573 e. The van der Waals surface area contributed by atoms with Crippen molar-refractivity contribution in [3.63, 3.8) is 0 Å². The van der Waals surface area contributed by atoms with Crippen LogP contribution in [0, 0.1) is 45.3 Å². The number of aromatic nitrogens is 2. The fourth-order valence-electron chi connectivity index (χ4n) is 6.45. The van der Waals surface area contributed by atoms with Crippen LogP contribution >= 0.6 is 0 Å². The lowest BCUT2D eigenvalue weighted by molar-refractivity contribution is -0.306. The molecule has 0 saturated heterocycles. The molecule has 52 heavy (non-hydrogen) atoms. The molecule has 252 valence electrons. The van der Waals surface area contributed by atoms with Gasteiger partial charge in [0.2, 0.25) is 0 Å². The highest BCUT2D eigenvalue weighted by Gasteiger charge is 2.37. The molecule has 0 fully saturated rings. The van der Waals surface area contributed by atoms with Crippen LogP contribution in [0.4, 0.5) is 26.3 Å². The quantitative estimate of drug-likeness (QED) is 0.131. The first-order valence-electron chi connectivity index (χ1n) is 15.2. The van der Waals surface area contributed by atoms with E-state index in [1.165, 1.54) is 18.2 Å². The molecule has 4 aromatic rings. The Morgan fingerprint density at radius 2 is 1.12 bits per heavy atom. The number of nitrogens with zero attached hydrogens (tertiary/aromatic N) is 6. The van der Waals surface area contributed by atoms with Gasteiger partial charge >= 0.3 is 12.7 Å². The summed E-state index contributed by atoms with van der Waals surface area (Å²) in [6.07, 6.45) is -6.44. The van der Waals surface area contributed by atoms with Gasteiger partial charge in [0, 0.05) is 28.7 Å². The minimum absolute atomic E-state index is 0.0437. The van der Waals surface area contributed by atoms with Gasteiger partial charge < -0.3 is 9.47 Å². The van der Waals surface area contributed by atoms with Crippen LogP contribution in [0.5, 0.6) is 5.75 Å². The number of ether oxygens (including phenoxy) is 2. The fourth-order valence-corrected chi connectivity index (χ4v) is 6.45. The van der Waals surface area contributed by atoms with Crippen molar-refractivity contribution in [2.75, 3.05) is 0 Å². The summed E-state index contributed by atoms with van der Waals surface area (Å²) in [6, 6.07) is 22.5. The highest BCUT2D eigenvalue weighted by Crippen LogP contribution is 2.51. The smallest absolute Gasteiger partial charge is 0.410 e. The van der Waals surface area contributed by atoms with Crippen LogP contribution < -0.4 is 4.74 Å². The zero-order valence-corrected chi connectivity index (χ0v) is 26.1. The molecule has 0 unspecified atom stereocenters. The number of allylic oxidation sites excluding steroid dienone is 6. The molecule has 0 radical (unpaired) electrons. The van der Waals surface area contributed by atoms with Gasteiger partial charge in [-0.25, -0.2) is 9.97 Å². The van der Waals surface area contributed by atoms with Gasteiger partial charge in [-0.15, -0.1) is 26.3 Å². The maximum absolute atomic E-state index is 13.0. The van der Waals surface area contributed by atoms with Gasteiger partial charge in [-0.05, 0) is 70.2 Å². The summed E-state index contributed by atoms with van der Waals surface area (Å²) in [6.45, 7) is 0. The molecular weight excluding hydrogens is 686 g/mol. The van der Waals surface area contributed by atoms with Crippen molar-refractivity contribution in [1.29, 1.82) is 21.0 Å². The average Bonchev–Trinajstić information content (AvgIpc) is 3.58. The molecule has 14 heteroatoms. The third kappa shape index (κ3) is 5.89. The Balaban J connectivity index is 1.39. The van der Waals surface area contributed by atoms with E-state index in [0.717, 1.165) is 6.07 Å². The van der Waals surface area contributed by atoms with E-state index in [2.05, 4.69) is 9.47 Å². The van der Waals surface area contributed by atoms with E-state index >= 15 is 0 Å². The summed E-state index contributed by atoms with van der Waals surface area (Å²) in [5.41, 5.74) is 3.68. The molecule has 3 aromatic carbocycles. The number of hydrogen-bond acceptors (Lipinski definition) is 8. The van der Waals surface area contributed by atoms with Crippen molar-refractivity contribution in [3.8, 4) is 63.7 Å². The standard InChI is InChI=1S/C38H16F6N6O2/c39-37(40,41)51-25-5-1-3-19(11-25)21-7-9-27-29(13-21)31(23(15-45)16-46)35-33(27)49-36-32(24(17-47)18-48)30-14-22(8-10-28(30)34(36)50-35)20-4-2-6-26(12-20)52-38(42,43)44/h1,3-5,7-14H,2,6H2. The monoisotopic (exact) mass is 702 g/mol. The van der Waals surface area contributed by atoms with Gasteiger partial charge in [0.05, 0.1) is 11.4 Å². The number of alkyl halides is 6. The Labute approximate surface area is 290 Å². The van der Waals surface area contributed by atoms with Crippen molar-refractivity contribution in [1.82, 2.24) is 9.97 Å². The fraction of sp³-hybridized carbons (Fsp3) is 0.105. The second-order valence-electron chi connectivity index (χ2n) is 11.5. The Morgan fingerprint density at radius 1 is 0.596 bits per heavy atom. The van der Waals surface area contributed by atoms with Crippen LogP contribution in [-0.4, -0.2) is 22.7 Å². The third-order valence-electron chi connectivity index (χ3n) is 8.46. The Morgan fingerprint density at radius 3 is 1.65 bits per heavy atom. The lowest BCUT2D eigenvalue weighted by Crippen LogP contribution is -2.17. The Hall–Kier alpha value is -7.16. The maximum Gasteiger partial charge on any atom is 0.573 e. The first-order valence-corrected chi connectivity index (χ1v) is 15.2. The van der Waals surface area contributed by atoms with E-state index in [0.29, 0.717) is 44.5 Å². The lowest BCUT2D eigenvalue weighted by Gasteiger charge is -2.17. The van der Waals surface area contributed by atoms with Crippen molar-refractivity contribution in [3.05, 3.63) is 118 Å². The highest BCUT2D eigenvalue weighted by atomic mass is 19.4. The molecule has 0 amide bonds. The van der Waals surface area contributed by atoms with Crippen LogP contribution in [0.2, 0.25) is 0 Å². The predicted molar refractivity (Wildman–Crippen MR) is 172 cm³/mol. The van der Waals surface area contributed by atoms with Crippen molar-refractivity contribution in [2.45, 2.75) is 25.6 Å². The Kier molecular flexibility index (Phi) is 7.89. The van der Waals surface area contributed by atoms with E-state index in [9.17, 15) is 47.4 Å². The minimum atomic E-state index is -4.91. The van der Waals surface area contributed by atoms with Crippen LogP contribution in [0.3, 0.4) is 0 Å². The summed E-state index contributed by atoms with van der Waals surface area (Å²) in [5.74, 6) is -0.717. The predicted octanol–water partition coefficient (Wildman–Crippen LogP) is 9.30. The first-order chi connectivity index (χ1) is 24.8. The SMILES string of the molecule is N#CC(C#N)=C1c2cc(C3=CCCC(OC(F)(F)F)=C3)ccc2-c2nc3c(nc21)-c1ccc(-c2cccc(OC(F)(F)F)c2)cc1C3=C(C#N)C#N. The number of benzene rings is 3. The van der Waals surface area contributed by atoms with E-state index in [1.54, 1.807) is 48.5 Å². The molecule has 3 aliphatic carbocycles. The van der Waals surface area contributed by atoms with Crippen LogP contribution in [0.1, 0.15) is 40.9 Å². The summed E-state index contributed by atoms with van der Waals surface area (Å²) in [7, 11) is 0. The Bertz CT molecular complexity index is 2520. The van der Waals surface area contributed by atoms with E-state index in [-0.39, 0.29) is 63.7 Å². The first kappa shape index (κ1) is 33.3. The van der Waals surface area contributed by atoms with Crippen LogP contribution in [-0.2, 0) is 4.74 Å². The number of halogens is 6. The molecule has 0 saturated carbocycles. The molecule has 0 spiro atoms. The molecule has 7 rings (SSSR count). The summed E-state index contributed by atoms with van der Waals surface area (Å²) >= 11 is 0. The van der Waals surface area contributed by atoms with E-state index < -0.39 is 18.5 Å². The van der Waals surface area contributed by atoms with E-state index in [1.807, 2.05) is 24.3 Å². The van der Waals surface area contributed by atoms with Crippen molar-refractivity contribution >= 4 is 16.7 Å². The van der Waals surface area contributed by atoms with Gasteiger partial charge in [-0.3, -0.25) is 0 Å². The van der Waals surface area contributed by atoms with Gasteiger partial charge in [0.15, 0.2) is 0 Å². The number of rotatable bonds is 4. The third-order valence-corrected chi connectivity index (χ3v) is 8.46. The summed E-state index contributed by atoms with van der Waals surface area (Å²) in [5, 5.41) is 39.9. The summed E-state index contributed by atoms with van der Waals surface area (Å²) in [4.78, 5) is 9.70. The number of hydrogen-bond donors (Lipinski definition) is 0. The van der Waals surface area contributed by atoms with Gasteiger partial charge in [-0.1, -0.05) is 42.5 Å². The van der Waals surface area contributed by atoms with Crippen molar-refractivity contribution < 1.29 is 35.8 Å². The van der Waals surface area contributed by atoms with Crippen molar-refractivity contribution in [2.24, 2.45) is 0 Å². The van der Waals surface area contributed by atoms with Crippen LogP contribution in [0.25, 0.3) is 50.4 Å². The molecule has 1 aromatic heterocycles. The van der Waals surface area contributed by atoms with E-state index in [4.69, 9.17) is 9.97 Å². The van der Waals surface area contributed by atoms with Gasteiger partial charge in [0.1, 0.15) is 58.3 Å². The molecular formula is C38H16F6N6O2. The highest BCUT2D eigenvalue weighted by molar-refractivity contribution is 6.07. The molecule has 1 heterocycles. The normalized spacial score (nSPS) is 13.9. The summed E-state index contributed by atoms with van der Waals surface area (Å²) < 4.78 is 85.9. The zero-order chi connectivity index (χ0) is 36.9. The van der Waals surface area contributed by atoms with Gasteiger partial charge in [0.25, 0.3) is 0 Å². The second-order valence-corrected chi connectivity index (χ2v) is 11.5. The van der Waals surface area contributed by atoms with Crippen LogP contribution in [0.15, 0.2) is 89.7 Å². The second kappa shape index (κ2) is 12.3. The average molecular weight is 703 g/mol. The topological polar surface area (TPSA) is 139 Å². The molecule has 3 aliphatic rings. The number of fused-ring (bicyclic) bond motifs is 6. The lowest BCUT2D eigenvalue weighted by atomic mass is 9.93. The number of nitriles is 4. The molecule has 0 N–H and O–H groups in total. The van der Waals surface area contributed by atoms with Gasteiger partial charge in [-0.2, -0.15) is 21.0 Å². The molecule has 0 bridgehead atoms. The molecule has 0 aliphatic heterocycles. The maximum atomic E-state index is 13.0. The molecule has 0 atom stereocenters. The zero-order valence-electron chi connectivity index (χ0n) is 26.1. The minimum Gasteiger partial charge on any atom is -0.410 e.